The molecule has 0 saturated carbocycles. The van der Waals surface area contributed by atoms with Gasteiger partial charge in [-0.25, -0.2) is 0 Å². The van der Waals surface area contributed by atoms with Crippen LogP contribution in [0, 0.1) is 10.1 Å². The number of hydrazone groups is 1. The first-order valence-electron chi connectivity index (χ1n) is 6.32. The highest BCUT2D eigenvalue weighted by atomic mass is 32.1. The Labute approximate surface area is 132 Å². The summed E-state index contributed by atoms with van der Waals surface area (Å²) in [5.74, 6) is 0.751. The van der Waals surface area contributed by atoms with E-state index in [1.54, 1.807) is 25.5 Å². The number of ether oxygens (including phenoxy) is 1. The minimum atomic E-state index is -0.446. The minimum Gasteiger partial charge on any atom is -0.497 e. The Hall–Kier alpha value is -2.80. The minimum absolute atomic E-state index is 0.0406. The summed E-state index contributed by atoms with van der Waals surface area (Å²) >= 11 is 5.22. The maximum absolute atomic E-state index is 10.6. The highest BCUT2D eigenvalue weighted by Crippen LogP contribution is 2.12. The van der Waals surface area contributed by atoms with Crippen LogP contribution in [0.5, 0.6) is 5.75 Å². The van der Waals surface area contributed by atoms with Crippen molar-refractivity contribution in [3.63, 3.8) is 0 Å². The highest BCUT2D eigenvalue weighted by Gasteiger charge is 2.03. The first kappa shape index (κ1) is 15.6. The van der Waals surface area contributed by atoms with Crippen LogP contribution < -0.4 is 10.2 Å². The predicted molar refractivity (Wildman–Crippen MR) is 88.5 cm³/mol. The molecule has 2 aromatic rings. The molecule has 0 aliphatic heterocycles. The number of thiocarbonyl (C=S) groups is 1. The Morgan fingerprint density at radius 1 is 1.23 bits per heavy atom. The van der Waals surface area contributed by atoms with Crippen LogP contribution in [-0.4, -0.2) is 23.2 Å². The van der Waals surface area contributed by atoms with Gasteiger partial charge >= 0.3 is 0 Å². The molecular formula is C15H13N3O3S. The maximum Gasteiger partial charge on any atom is 0.269 e. The molecule has 6 nitrogen and oxygen atoms in total. The van der Waals surface area contributed by atoms with Crippen molar-refractivity contribution in [1.82, 2.24) is 5.43 Å². The molecular weight excluding hydrogens is 302 g/mol. The smallest absolute Gasteiger partial charge is 0.269 e. The second-order valence-electron chi connectivity index (χ2n) is 4.28. The molecule has 0 atom stereocenters. The van der Waals surface area contributed by atoms with Crippen LogP contribution in [-0.2, 0) is 0 Å². The van der Waals surface area contributed by atoms with E-state index < -0.39 is 4.92 Å². The molecule has 7 heteroatoms. The van der Waals surface area contributed by atoms with Crippen LogP contribution in [0.3, 0.4) is 0 Å². The van der Waals surface area contributed by atoms with Gasteiger partial charge in [0, 0.05) is 17.7 Å². The lowest BCUT2D eigenvalue weighted by molar-refractivity contribution is -0.384. The van der Waals surface area contributed by atoms with Crippen molar-refractivity contribution in [2.75, 3.05) is 7.11 Å². The number of hydrogen-bond donors (Lipinski definition) is 1. The van der Waals surface area contributed by atoms with Crippen LogP contribution in [0.25, 0.3) is 0 Å². The molecule has 0 aliphatic rings. The molecule has 22 heavy (non-hydrogen) atoms. The number of hydrogen-bond acceptors (Lipinski definition) is 5. The number of nitrogens with one attached hydrogen (secondary N) is 1. The van der Waals surface area contributed by atoms with Crippen molar-refractivity contribution >= 4 is 29.1 Å². The summed E-state index contributed by atoms with van der Waals surface area (Å²) in [5, 5.41) is 14.6. The van der Waals surface area contributed by atoms with E-state index in [2.05, 4.69) is 10.5 Å². The van der Waals surface area contributed by atoms with Gasteiger partial charge in [-0.15, -0.1) is 0 Å². The summed E-state index contributed by atoms with van der Waals surface area (Å²) in [4.78, 5) is 10.6. The molecule has 1 N–H and O–H groups in total. The van der Waals surface area contributed by atoms with Crippen LogP contribution in [0.4, 0.5) is 5.69 Å². The zero-order valence-corrected chi connectivity index (χ0v) is 12.5. The normalized spacial score (nSPS) is 10.4. The second-order valence-corrected chi connectivity index (χ2v) is 4.68. The molecule has 112 valence electrons. The van der Waals surface area contributed by atoms with E-state index in [0.717, 1.165) is 16.9 Å². The van der Waals surface area contributed by atoms with E-state index in [1.807, 2.05) is 24.3 Å². The first-order valence-corrected chi connectivity index (χ1v) is 6.73. The van der Waals surface area contributed by atoms with Crippen molar-refractivity contribution in [3.8, 4) is 5.75 Å². The van der Waals surface area contributed by atoms with Crippen molar-refractivity contribution in [3.05, 3.63) is 69.8 Å². The van der Waals surface area contributed by atoms with Crippen molar-refractivity contribution in [1.29, 1.82) is 0 Å². The number of nitro groups is 1. The number of non-ortho nitro benzene ring substituents is 1. The lowest BCUT2D eigenvalue weighted by Crippen LogP contribution is -2.16. The molecule has 2 aromatic carbocycles. The Balaban J connectivity index is 1.96. The summed E-state index contributed by atoms with van der Waals surface area (Å²) in [7, 11) is 1.60. The van der Waals surface area contributed by atoms with Gasteiger partial charge in [-0.05, 0) is 42.0 Å². The van der Waals surface area contributed by atoms with Gasteiger partial charge in [0.15, 0.2) is 0 Å². The molecule has 0 heterocycles. The third-order valence-corrected chi connectivity index (χ3v) is 3.16. The largest absolute Gasteiger partial charge is 0.497 e. The fourth-order valence-electron chi connectivity index (χ4n) is 1.65. The lowest BCUT2D eigenvalue weighted by atomic mass is 10.2. The van der Waals surface area contributed by atoms with Crippen LogP contribution >= 0.6 is 12.2 Å². The van der Waals surface area contributed by atoms with E-state index in [4.69, 9.17) is 17.0 Å². The van der Waals surface area contributed by atoms with Crippen LogP contribution in [0.2, 0.25) is 0 Å². The van der Waals surface area contributed by atoms with E-state index in [9.17, 15) is 10.1 Å². The number of nitro benzene ring substituents is 1. The number of rotatable bonds is 5. The fourth-order valence-corrected chi connectivity index (χ4v) is 1.84. The molecule has 0 fully saturated rings. The molecule has 0 spiro atoms. The monoisotopic (exact) mass is 315 g/mol. The summed E-state index contributed by atoms with van der Waals surface area (Å²) < 4.78 is 5.07. The van der Waals surface area contributed by atoms with Gasteiger partial charge in [0.1, 0.15) is 10.7 Å². The topological polar surface area (TPSA) is 76.8 Å². The Bertz CT molecular complexity index is 697. The first-order chi connectivity index (χ1) is 10.6. The lowest BCUT2D eigenvalue weighted by Gasteiger charge is -2.04. The summed E-state index contributed by atoms with van der Waals surface area (Å²) in [6.45, 7) is 0. The van der Waals surface area contributed by atoms with Crippen molar-refractivity contribution < 1.29 is 9.66 Å². The standard InChI is InChI=1S/C15H13N3O3S/c1-21-14-8-4-12(5-9-14)15(22)17-16-10-11-2-6-13(7-3-11)18(19)20/h2-10H,1H3,(H,17,22)/b16-10+. The van der Waals surface area contributed by atoms with Crippen LogP contribution in [0.15, 0.2) is 53.6 Å². The molecule has 0 radical (unpaired) electrons. The molecule has 0 amide bonds. The zero-order valence-electron chi connectivity index (χ0n) is 11.7. The number of methoxy groups -OCH3 is 1. The quantitative estimate of drug-likeness (QED) is 0.397. The third-order valence-electron chi connectivity index (χ3n) is 2.84. The van der Waals surface area contributed by atoms with Gasteiger partial charge in [-0.1, -0.05) is 12.2 Å². The average Bonchev–Trinajstić information content (AvgIpc) is 2.55. The SMILES string of the molecule is COc1ccc(C(=S)N/N=C/c2ccc([N+](=O)[O-])cc2)cc1. The van der Waals surface area contributed by atoms with E-state index in [0.29, 0.717) is 4.99 Å². The predicted octanol–water partition coefficient (Wildman–Crippen LogP) is 2.90. The second kappa shape index (κ2) is 7.28. The zero-order chi connectivity index (χ0) is 15.9. The fraction of sp³-hybridized carbons (Fsp3) is 0.0667. The molecule has 0 aromatic heterocycles. The Kier molecular flexibility index (Phi) is 5.16. The van der Waals surface area contributed by atoms with E-state index in [-0.39, 0.29) is 5.69 Å². The van der Waals surface area contributed by atoms with Gasteiger partial charge in [0.2, 0.25) is 0 Å². The van der Waals surface area contributed by atoms with Gasteiger partial charge in [0.05, 0.1) is 18.2 Å². The summed E-state index contributed by atoms with van der Waals surface area (Å²) in [6, 6.07) is 13.3. The van der Waals surface area contributed by atoms with E-state index in [1.165, 1.54) is 12.1 Å². The molecule has 0 saturated heterocycles. The molecule has 0 bridgehead atoms. The molecule has 2 rings (SSSR count). The third kappa shape index (κ3) is 4.10. The molecule has 0 aliphatic carbocycles. The van der Waals surface area contributed by atoms with Crippen molar-refractivity contribution in [2.24, 2.45) is 5.10 Å². The summed E-state index contributed by atoms with van der Waals surface area (Å²) in [5.41, 5.74) is 4.34. The Morgan fingerprint density at radius 3 is 2.41 bits per heavy atom. The summed E-state index contributed by atoms with van der Waals surface area (Å²) in [6.07, 6.45) is 1.54. The Morgan fingerprint density at radius 2 is 1.86 bits per heavy atom. The number of nitrogens with zero attached hydrogens (tertiary/aromatic N) is 2. The van der Waals surface area contributed by atoms with Gasteiger partial charge in [0.25, 0.3) is 5.69 Å². The highest BCUT2D eigenvalue weighted by molar-refractivity contribution is 7.80. The van der Waals surface area contributed by atoms with Gasteiger partial charge in [-0.2, -0.15) is 5.10 Å². The maximum atomic E-state index is 10.6. The van der Waals surface area contributed by atoms with Crippen LogP contribution in [0.1, 0.15) is 11.1 Å². The average molecular weight is 315 g/mol. The number of benzene rings is 2. The molecule has 0 unspecified atom stereocenters. The van der Waals surface area contributed by atoms with Crippen molar-refractivity contribution in [2.45, 2.75) is 0 Å². The van der Waals surface area contributed by atoms with Gasteiger partial charge < -0.3 is 4.74 Å². The van der Waals surface area contributed by atoms with E-state index >= 15 is 0 Å². The van der Waals surface area contributed by atoms with Gasteiger partial charge in [-0.3, -0.25) is 15.5 Å².